The number of aryl methyl sites for hydroxylation is 2. The number of aromatic amines is 1. The first kappa shape index (κ1) is 27.5. The van der Waals surface area contributed by atoms with E-state index in [9.17, 15) is 9.90 Å². The maximum atomic E-state index is 13.4. The predicted octanol–water partition coefficient (Wildman–Crippen LogP) is 4.82. The Bertz CT molecular complexity index is 1560. The van der Waals surface area contributed by atoms with Crippen molar-refractivity contribution in [1.82, 2.24) is 25.3 Å². The van der Waals surface area contributed by atoms with Gasteiger partial charge in [-0.05, 0) is 73.7 Å². The normalized spacial score (nSPS) is 25.1. The largest absolute Gasteiger partial charge is 0.507 e. The SMILES string of the molecule is Cc1cc(-c2cc(C3=C(c4ccccc4)C4(C)C(C)CC(CN5CCN(C)CC5)=CC4N3)c(=O)[nH]n2)cc(C)c1O. The molecule has 41 heavy (non-hydrogen) atoms. The second-order valence-corrected chi connectivity index (χ2v) is 12.5. The van der Waals surface area contributed by atoms with Crippen LogP contribution in [0.15, 0.2) is 65.0 Å². The molecule has 1 saturated heterocycles. The molecule has 0 spiro atoms. The van der Waals surface area contributed by atoms with Crippen LogP contribution in [0.5, 0.6) is 5.75 Å². The van der Waals surface area contributed by atoms with Crippen LogP contribution in [0, 0.1) is 25.2 Å². The van der Waals surface area contributed by atoms with Crippen molar-refractivity contribution in [3.63, 3.8) is 0 Å². The number of phenols is 1. The van der Waals surface area contributed by atoms with E-state index in [-0.39, 0.29) is 22.8 Å². The van der Waals surface area contributed by atoms with Crippen LogP contribution in [0.4, 0.5) is 0 Å². The molecule has 1 aromatic heterocycles. The third-order valence-electron chi connectivity index (χ3n) is 9.67. The summed E-state index contributed by atoms with van der Waals surface area (Å²) in [6.45, 7) is 13.9. The Hall–Kier alpha value is -3.68. The molecule has 1 aliphatic carbocycles. The molecule has 3 N–H and O–H groups in total. The molecule has 6 rings (SSSR count). The molecule has 0 bridgehead atoms. The summed E-state index contributed by atoms with van der Waals surface area (Å²) in [6.07, 6.45) is 3.48. The molecule has 0 saturated carbocycles. The molecule has 3 aromatic rings. The highest BCUT2D eigenvalue weighted by atomic mass is 16.3. The number of hydrogen-bond acceptors (Lipinski definition) is 6. The van der Waals surface area contributed by atoms with Crippen LogP contribution >= 0.6 is 0 Å². The van der Waals surface area contributed by atoms with E-state index in [1.807, 2.05) is 38.1 Å². The van der Waals surface area contributed by atoms with E-state index in [1.165, 1.54) is 11.1 Å². The minimum absolute atomic E-state index is 0.0769. The number of nitrogens with one attached hydrogen (secondary N) is 2. The average molecular weight is 552 g/mol. The lowest BCUT2D eigenvalue weighted by atomic mass is 9.62. The summed E-state index contributed by atoms with van der Waals surface area (Å²) in [5.41, 5.74) is 7.96. The monoisotopic (exact) mass is 551 g/mol. The van der Waals surface area contributed by atoms with Gasteiger partial charge >= 0.3 is 0 Å². The molecule has 0 amide bonds. The van der Waals surface area contributed by atoms with Gasteiger partial charge in [-0.2, -0.15) is 5.10 Å². The van der Waals surface area contributed by atoms with E-state index in [2.05, 4.69) is 76.6 Å². The zero-order valence-corrected chi connectivity index (χ0v) is 24.8. The van der Waals surface area contributed by atoms with Gasteiger partial charge in [-0.3, -0.25) is 9.69 Å². The molecular weight excluding hydrogens is 510 g/mol. The van der Waals surface area contributed by atoms with Gasteiger partial charge in [-0.1, -0.05) is 55.8 Å². The second-order valence-electron chi connectivity index (χ2n) is 12.5. The van der Waals surface area contributed by atoms with Gasteiger partial charge in [0.2, 0.25) is 0 Å². The van der Waals surface area contributed by atoms with Gasteiger partial charge in [0.25, 0.3) is 5.56 Å². The van der Waals surface area contributed by atoms with Crippen LogP contribution in [-0.2, 0) is 0 Å². The zero-order valence-electron chi connectivity index (χ0n) is 24.8. The Kier molecular flexibility index (Phi) is 7.12. The van der Waals surface area contributed by atoms with Crippen molar-refractivity contribution in [3.8, 4) is 17.0 Å². The molecule has 214 valence electrons. The number of hydrogen-bond donors (Lipinski definition) is 3. The van der Waals surface area contributed by atoms with Gasteiger partial charge in [0.15, 0.2) is 0 Å². The van der Waals surface area contributed by atoms with Gasteiger partial charge in [-0.25, -0.2) is 5.10 Å². The Morgan fingerprint density at radius 2 is 1.71 bits per heavy atom. The number of benzene rings is 2. The minimum Gasteiger partial charge on any atom is -0.507 e. The molecule has 7 heteroatoms. The maximum Gasteiger partial charge on any atom is 0.273 e. The van der Waals surface area contributed by atoms with E-state index in [0.717, 1.165) is 67.1 Å². The molecular formula is C34H41N5O2. The summed E-state index contributed by atoms with van der Waals surface area (Å²) >= 11 is 0. The summed E-state index contributed by atoms with van der Waals surface area (Å²) < 4.78 is 0. The van der Waals surface area contributed by atoms with E-state index in [1.54, 1.807) is 0 Å². The lowest BCUT2D eigenvalue weighted by Crippen LogP contribution is -2.47. The van der Waals surface area contributed by atoms with Gasteiger partial charge in [0, 0.05) is 43.7 Å². The number of likely N-dealkylation sites (N-methyl/N-ethyl adjacent to an activating group) is 1. The molecule has 3 unspecified atom stereocenters. The van der Waals surface area contributed by atoms with Crippen molar-refractivity contribution in [2.45, 2.75) is 40.2 Å². The van der Waals surface area contributed by atoms with E-state index in [0.29, 0.717) is 17.2 Å². The summed E-state index contributed by atoms with van der Waals surface area (Å²) in [5, 5.41) is 21.3. The Morgan fingerprint density at radius 3 is 2.39 bits per heavy atom. The molecule has 3 heterocycles. The highest BCUT2D eigenvalue weighted by molar-refractivity contribution is 5.96. The smallest absolute Gasteiger partial charge is 0.273 e. The van der Waals surface area contributed by atoms with Crippen LogP contribution < -0.4 is 10.9 Å². The fraction of sp³-hybridized carbons (Fsp3) is 0.412. The van der Waals surface area contributed by atoms with Gasteiger partial charge < -0.3 is 15.3 Å². The quantitative estimate of drug-likeness (QED) is 0.395. The van der Waals surface area contributed by atoms with Crippen molar-refractivity contribution in [1.29, 1.82) is 0 Å². The molecule has 3 atom stereocenters. The number of rotatable bonds is 5. The Balaban J connectivity index is 1.44. The first-order valence-electron chi connectivity index (χ1n) is 14.7. The summed E-state index contributed by atoms with van der Waals surface area (Å²) in [6, 6.07) is 16.3. The average Bonchev–Trinajstić information content (AvgIpc) is 3.26. The fourth-order valence-electron chi connectivity index (χ4n) is 7.01. The van der Waals surface area contributed by atoms with Crippen LogP contribution in [0.2, 0.25) is 0 Å². The standard InChI is InChI=1S/C34H41N5O2/c1-21-15-26(16-22(2)32(21)40)28-19-27(33(41)37-36-28)31-30(25-9-7-6-8-10-25)34(4)23(3)17-24(18-29(34)35-31)20-39-13-11-38(5)12-14-39/h6-10,15-16,18-19,23,29,35,40H,11-14,17,20H2,1-5H3,(H,37,41). The Labute approximate surface area is 242 Å². The van der Waals surface area contributed by atoms with E-state index < -0.39 is 0 Å². The van der Waals surface area contributed by atoms with E-state index >= 15 is 0 Å². The molecule has 3 aliphatic rings. The summed E-state index contributed by atoms with van der Waals surface area (Å²) in [4.78, 5) is 18.4. The first-order chi connectivity index (χ1) is 19.6. The van der Waals surface area contributed by atoms with E-state index in [4.69, 9.17) is 0 Å². The summed E-state index contributed by atoms with van der Waals surface area (Å²) in [7, 11) is 2.20. The highest BCUT2D eigenvalue weighted by Crippen LogP contribution is 2.55. The highest BCUT2D eigenvalue weighted by Gasteiger charge is 2.50. The Morgan fingerprint density at radius 1 is 1.02 bits per heavy atom. The van der Waals surface area contributed by atoms with Gasteiger partial charge in [0.1, 0.15) is 5.75 Å². The van der Waals surface area contributed by atoms with Crippen LogP contribution in [0.25, 0.3) is 22.5 Å². The predicted molar refractivity (Wildman–Crippen MR) is 166 cm³/mol. The number of fused-ring (bicyclic) bond motifs is 1. The van der Waals surface area contributed by atoms with Crippen molar-refractivity contribution < 1.29 is 5.11 Å². The van der Waals surface area contributed by atoms with Gasteiger partial charge in [-0.15, -0.1) is 0 Å². The van der Waals surface area contributed by atoms with Crippen LogP contribution in [0.1, 0.15) is 42.5 Å². The molecule has 7 nitrogen and oxygen atoms in total. The number of nitrogens with zero attached hydrogens (tertiary/aromatic N) is 3. The number of H-pyrrole nitrogens is 1. The summed E-state index contributed by atoms with van der Waals surface area (Å²) in [5.74, 6) is 0.665. The number of aromatic nitrogens is 2. The number of phenolic OH excluding ortho intramolecular Hbond substituents is 1. The fourth-order valence-corrected chi connectivity index (χ4v) is 7.01. The third-order valence-corrected chi connectivity index (χ3v) is 9.67. The van der Waals surface area contributed by atoms with Crippen molar-refractivity contribution >= 4 is 11.3 Å². The number of piperazine rings is 1. The molecule has 2 aromatic carbocycles. The molecule has 1 fully saturated rings. The third kappa shape index (κ3) is 4.91. The van der Waals surface area contributed by atoms with Crippen molar-refractivity contribution in [2.24, 2.45) is 11.3 Å². The van der Waals surface area contributed by atoms with Crippen LogP contribution in [-0.4, -0.2) is 70.9 Å². The second kappa shape index (κ2) is 10.6. The van der Waals surface area contributed by atoms with Crippen molar-refractivity contribution in [2.75, 3.05) is 39.8 Å². The maximum absolute atomic E-state index is 13.4. The first-order valence-corrected chi connectivity index (χ1v) is 14.7. The van der Waals surface area contributed by atoms with Crippen LogP contribution in [0.3, 0.4) is 0 Å². The molecule has 2 aliphatic heterocycles. The lowest BCUT2D eigenvalue weighted by molar-refractivity contribution is 0.157. The minimum atomic E-state index is -0.214. The van der Waals surface area contributed by atoms with Crippen molar-refractivity contribution in [3.05, 3.63) is 92.8 Å². The van der Waals surface area contributed by atoms with Gasteiger partial charge in [0.05, 0.1) is 23.0 Å². The number of aromatic hydroxyl groups is 1. The zero-order chi connectivity index (χ0) is 28.9. The lowest BCUT2D eigenvalue weighted by Gasteiger charge is -2.44. The topological polar surface area (TPSA) is 84.5 Å². The molecule has 0 radical (unpaired) electrons.